The van der Waals surface area contributed by atoms with Crippen LogP contribution in [0.2, 0.25) is 0 Å². The summed E-state index contributed by atoms with van der Waals surface area (Å²) >= 11 is 1.65. The van der Waals surface area contributed by atoms with Gasteiger partial charge in [-0.1, -0.05) is 0 Å². The Labute approximate surface area is 81.1 Å². The molecular weight excluding hydrogens is 182 g/mol. The molecule has 1 N–H and O–H groups in total. The second kappa shape index (κ2) is 3.42. The zero-order valence-corrected chi connectivity index (χ0v) is 8.06. The number of hydrogen-bond acceptors (Lipinski definition) is 3. The van der Waals surface area contributed by atoms with Gasteiger partial charge in [0.1, 0.15) is 5.78 Å². The van der Waals surface area contributed by atoms with Gasteiger partial charge in [-0.15, -0.1) is 0 Å². The fourth-order valence-corrected chi connectivity index (χ4v) is 2.51. The highest BCUT2D eigenvalue weighted by Gasteiger charge is 2.24. The third-order valence-corrected chi connectivity index (χ3v) is 3.09. The first-order valence-corrected chi connectivity index (χ1v) is 5.30. The van der Waals surface area contributed by atoms with Crippen molar-refractivity contribution in [3.8, 4) is 0 Å². The standard InChI is InChI=1S/C10H11NOS/c11-9-3-8(4-10(12)5-9)7-1-2-13-6-7/h1-2,6,8,11H,3-5H2. The Morgan fingerprint density at radius 1 is 1.46 bits per heavy atom. The number of rotatable bonds is 1. The molecule has 68 valence electrons. The van der Waals surface area contributed by atoms with E-state index in [1.165, 1.54) is 5.56 Å². The van der Waals surface area contributed by atoms with E-state index in [1.807, 2.05) is 5.38 Å². The fraction of sp³-hybridized carbons (Fsp3) is 0.400. The normalized spacial score (nSPS) is 23.5. The number of thiophene rings is 1. The Balaban J connectivity index is 2.16. The Kier molecular flexibility index (Phi) is 2.27. The van der Waals surface area contributed by atoms with Crippen molar-refractivity contribution in [3.63, 3.8) is 0 Å². The minimum absolute atomic E-state index is 0.215. The van der Waals surface area contributed by atoms with Crippen molar-refractivity contribution < 1.29 is 4.79 Å². The molecule has 1 heterocycles. The van der Waals surface area contributed by atoms with Crippen molar-refractivity contribution >= 4 is 22.8 Å². The van der Waals surface area contributed by atoms with E-state index < -0.39 is 0 Å². The minimum atomic E-state index is 0.215. The van der Waals surface area contributed by atoms with Crippen LogP contribution in [0, 0.1) is 5.41 Å². The van der Waals surface area contributed by atoms with Gasteiger partial charge in [0.05, 0.1) is 0 Å². The van der Waals surface area contributed by atoms with Crippen LogP contribution in [0.15, 0.2) is 16.8 Å². The lowest BCUT2D eigenvalue weighted by molar-refractivity contribution is -0.118. The largest absolute Gasteiger partial charge is 0.309 e. The molecule has 1 aliphatic carbocycles. The average Bonchev–Trinajstić information content (AvgIpc) is 2.53. The number of carbonyl (C=O) groups excluding carboxylic acids is 1. The Hall–Kier alpha value is -0.960. The third kappa shape index (κ3) is 1.86. The van der Waals surface area contributed by atoms with E-state index in [-0.39, 0.29) is 11.7 Å². The van der Waals surface area contributed by atoms with Gasteiger partial charge in [0.25, 0.3) is 0 Å². The van der Waals surface area contributed by atoms with Crippen molar-refractivity contribution in [3.05, 3.63) is 22.4 Å². The van der Waals surface area contributed by atoms with Gasteiger partial charge in [0, 0.05) is 18.6 Å². The molecule has 0 aliphatic heterocycles. The second-order valence-corrected chi connectivity index (χ2v) is 4.26. The predicted octanol–water partition coefficient (Wildman–Crippen LogP) is 2.60. The molecule has 1 aromatic heterocycles. The molecule has 3 heteroatoms. The smallest absolute Gasteiger partial charge is 0.139 e. The summed E-state index contributed by atoms with van der Waals surface area (Å²) in [7, 11) is 0. The van der Waals surface area contributed by atoms with E-state index in [1.54, 1.807) is 11.3 Å². The highest BCUT2D eigenvalue weighted by Crippen LogP contribution is 2.30. The van der Waals surface area contributed by atoms with Crippen LogP contribution in [0.25, 0.3) is 0 Å². The Bertz CT molecular complexity index is 313. The molecule has 0 saturated heterocycles. The molecule has 0 radical (unpaired) electrons. The summed E-state index contributed by atoms with van der Waals surface area (Å²) in [5, 5.41) is 11.6. The molecule has 13 heavy (non-hydrogen) atoms. The molecule has 2 nitrogen and oxygen atoms in total. The van der Waals surface area contributed by atoms with Gasteiger partial charge in [-0.25, -0.2) is 0 Å². The van der Waals surface area contributed by atoms with Crippen LogP contribution in [-0.2, 0) is 4.79 Å². The predicted molar refractivity (Wildman–Crippen MR) is 53.6 cm³/mol. The van der Waals surface area contributed by atoms with Gasteiger partial charge in [-0.3, -0.25) is 4.79 Å². The monoisotopic (exact) mass is 193 g/mol. The van der Waals surface area contributed by atoms with Crippen LogP contribution in [0.3, 0.4) is 0 Å². The van der Waals surface area contributed by atoms with Crippen molar-refractivity contribution in [2.45, 2.75) is 25.2 Å². The molecule has 2 rings (SSSR count). The van der Waals surface area contributed by atoms with E-state index in [4.69, 9.17) is 5.41 Å². The maximum absolute atomic E-state index is 11.2. The van der Waals surface area contributed by atoms with Crippen molar-refractivity contribution in [1.82, 2.24) is 0 Å². The quantitative estimate of drug-likeness (QED) is 0.731. The molecule has 1 unspecified atom stereocenters. The highest BCUT2D eigenvalue weighted by atomic mass is 32.1. The molecule has 0 aromatic carbocycles. The first-order valence-electron chi connectivity index (χ1n) is 4.36. The van der Waals surface area contributed by atoms with Gasteiger partial charge in [0.15, 0.2) is 0 Å². The van der Waals surface area contributed by atoms with Gasteiger partial charge in [0.2, 0.25) is 0 Å². The van der Waals surface area contributed by atoms with E-state index >= 15 is 0 Å². The number of hydrogen-bond donors (Lipinski definition) is 1. The van der Waals surface area contributed by atoms with E-state index in [0.29, 0.717) is 18.6 Å². The molecule has 0 spiro atoms. The summed E-state index contributed by atoms with van der Waals surface area (Å²) in [6.45, 7) is 0. The molecule has 1 fully saturated rings. The topological polar surface area (TPSA) is 40.9 Å². The highest BCUT2D eigenvalue weighted by molar-refractivity contribution is 7.08. The van der Waals surface area contributed by atoms with Crippen LogP contribution >= 0.6 is 11.3 Å². The fourth-order valence-electron chi connectivity index (χ4n) is 1.77. The summed E-state index contributed by atoms with van der Waals surface area (Å²) in [4.78, 5) is 11.2. The lowest BCUT2D eigenvalue weighted by Crippen LogP contribution is -2.20. The van der Waals surface area contributed by atoms with Crippen LogP contribution < -0.4 is 0 Å². The zero-order chi connectivity index (χ0) is 9.26. The molecule has 1 atom stereocenters. The zero-order valence-electron chi connectivity index (χ0n) is 7.25. The maximum atomic E-state index is 11.2. The lowest BCUT2D eigenvalue weighted by Gasteiger charge is -2.20. The summed E-state index contributed by atoms with van der Waals surface area (Å²) in [5.74, 6) is 0.493. The lowest BCUT2D eigenvalue weighted by atomic mass is 9.83. The summed E-state index contributed by atoms with van der Waals surface area (Å²) in [6.07, 6.45) is 1.77. The number of nitrogens with one attached hydrogen (secondary N) is 1. The summed E-state index contributed by atoms with van der Waals surface area (Å²) in [6, 6.07) is 2.06. The molecule has 1 aliphatic rings. The SMILES string of the molecule is N=C1CC(=O)CC(c2ccsc2)C1. The molecular formula is C10H11NOS. The first-order chi connectivity index (χ1) is 6.25. The van der Waals surface area contributed by atoms with Crippen LogP contribution in [0.5, 0.6) is 0 Å². The van der Waals surface area contributed by atoms with Gasteiger partial charge >= 0.3 is 0 Å². The minimum Gasteiger partial charge on any atom is -0.309 e. The van der Waals surface area contributed by atoms with Crippen LogP contribution in [0.4, 0.5) is 0 Å². The number of carbonyl (C=O) groups is 1. The molecule has 0 bridgehead atoms. The average molecular weight is 193 g/mol. The second-order valence-electron chi connectivity index (χ2n) is 3.48. The van der Waals surface area contributed by atoms with Gasteiger partial charge < -0.3 is 5.41 Å². The van der Waals surface area contributed by atoms with Crippen LogP contribution in [-0.4, -0.2) is 11.5 Å². The number of Topliss-reactive ketones (excluding diaryl/α,β-unsaturated/α-hetero) is 1. The van der Waals surface area contributed by atoms with Crippen LogP contribution in [0.1, 0.15) is 30.7 Å². The van der Waals surface area contributed by atoms with Gasteiger partial charge in [-0.05, 0) is 34.7 Å². The number of ketones is 1. The molecule has 0 amide bonds. The molecule has 1 aromatic rings. The van der Waals surface area contributed by atoms with E-state index in [9.17, 15) is 4.79 Å². The first kappa shape index (κ1) is 8.63. The maximum Gasteiger partial charge on any atom is 0.139 e. The van der Waals surface area contributed by atoms with Crippen molar-refractivity contribution in [1.29, 1.82) is 5.41 Å². The molecule has 1 saturated carbocycles. The Morgan fingerprint density at radius 2 is 2.31 bits per heavy atom. The summed E-state index contributed by atoms with van der Waals surface area (Å²) in [5.41, 5.74) is 1.82. The van der Waals surface area contributed by atoms with E-state index in [2.05, 4.69) is 11.4 Å². The third-order valence-electron chi connectivity index (χ3n) is 2.39. The van der Waals surface area contributed by atoms with E-state index in [0.717, 1.165) is 6.42 Å². The van der Waals surface area contributed by atoms with Crippen molar-refractivity contribution in [2.75, 3.05) is 0 Å². The Morgan fingerprint density at radius 3 is 2.92 bits per heavy atom. The van der Waals surface area contributed by atoms with Gasteiger partial charge in [-0.2, -0.15) is 11.3 Å². The summed E-state index contributed by atoms with van der Waals surface area (Å²) < 4.78 is 0. The van der Waals surface area contributed by atoms with Crippen molar-refractivity contribution in [2.24, 2.45) is 0 Å².